The molecule has 2 saturated carbocycles. The number of Topliss-reactive ketones (excluding diaryl/α,β-unsaturated/α-hetero) is 1. The molecule has 0 unspecified atom stereocenters. The summed E-state index contributed by atoms with van der Waals surface area (Å²) in [7, 11) is -0.803. The smallest absolute Gasteiger partial charge is 0.306 e. The number of pyridine rings is 1. The fraction of sp³-hybridized carbons (Fsp3) is 0.559. The first-order valence-electron chi connectivity index (χ1n) is 15.8. The quantitative estimate of drug-likeness (QED) is 0.248. The van der Waals surface area contributed by atoms with Gasteiger partial charge in [0.05, 0.1) is 38.4 Å². The van der Waals surface area contributed by atoms with Gasteiger partial charge in [0.2, 0.25) is 17.7 Å². The van der Waals surface area contributed by atoms with E-state index in [1.165, 1.54) is 12.0 Å². The fourth-order valence-corrected chi connectivity index (χ4v) is 8.08. The van der Waals surface area contributed by atoms with Gasteiger partial charge in [0, 0.05) is 23.9 Å². The Morgan fingerprint density at radius 3 is 2.49 bits per heavy atom. The minimum Gasteiger partial charge on any atom is -0.497 e. The largest absolute Gasteiger partial charge is 0.497 e. The molecule has 1 aromatic heterocycles. The Morgan fingerprint density at radius 1 is 1.17 bits per heavy atom. The molecule has 0 spiro atoms. The highest BCUT2D eigenvalue weighted by Gasteiger charge is 2.61. The minimum atomic E-state index is -3.63. The number of nitrogens with zero attached hydrogens (tertiary/aromatic N) is 2. The number of carbonyl (C=O) groups is 4. The Kier molecular flexibility index (Phi) is 9.42. The lowest BCUT2D eigenvalue weighted by Crippen LogP contribution is -2.55. The lowest BCUT2D eigenvalue weighted by atomic mass is 9.77. The number of ketones is 1. The highest BCUT2D eigenvalue weighted by atomic mass is 32.2. The molecule has 2 aromatic rings. The second-order valence-corrected chi connectivity index (χ2v) is 16.1. The number of rotatable bonds is 13. The number of likely N-dealkylation sites (tertiary alicyclic amines) is 1. The summed E-state index contributed by atoms with van der Waals surface area (Å²) in [6.45, 7) is 9.29. The molecule has 1 N–H and O–H groups in total. The minimum absolute atomic E-state index is 0.0147. The van der Waals surface area contributed by atoms with Crippen molar-refractivity contribution in [3.63, 3.8) is 0 Å². The van der Waals surface area contributed by atoms with Crippen molar-refractivity contribution in [2.75, 3.05) is 26.5 Å². The Labute approximate surface area is 275 Å². The second-order valence-electron chi connectivity index (χ2n) is 13.8. The maximum atomic E-state index is 14.2. The summed E-state index contributed by atoms with van der Waals surface area (Å²) in [6.07, 6.45) is 3.63. The lowest BCUT2D eigenvalue weighted by Gasteiger charge is -2.34. The molecule has 5 atom stereocenters. The van der Waals surface area contributed by atoms with Crippen molar-refractivity contribution in [2.24, 2.45) is 17.3 Å². The number of sulfone groups is 1. The molecule has 0 bridgehead atoms. The molecular weight excluding hydrogens is 626 g/mol. The number of amides is 2. The number of nitrogens with one attached hydrogen (secondary N) is 1. The van der Waals surface area contributed by atoms with E-state index in [1.54, 1.807) is 25.4 Å². The van der Waals surface area contributed by atoms with Gasteiger partial charge < -0.3 is 24.4 Å². The second kappa shape index (κ2) is 12.9. The number of hydrogen-bond acceptors (Lipinski definition) is 10. The van der Waals surface area contributed by atoms with Crippen LogP contribution in [0.1, 0.15) is 52.9 Å². The maximum Gasteiger partial charge on any atom is 0.306 e. The van der Waals surface area contributed by atoms with Crippen LogP contribution in [0.5, 0.6) is 11.6 Å². The Hall–Kier alpha value is -4.00. The van der Waals surface area contributed by atoms with Crippen molar-refractivity contribution in [2.45, 2.75) is 75.8 Å². The monoisotopic (exact) mass is 669 g/mol. The van der Waals surface area contributed by atoms with Gasteiger partial charge in [-0.25, -0.2) is 13.4 Å². The van der Waals surface area contributed by atoms with Gasteiger partial charge in [-0.2, -0.15) is 0 Å². The zero-order chi connectivity index (χ0) is 34.3. The van der Waals surface area contributed by atoms with E-state index in [0.717, 1.165) is 5.39 Å². The van der Waals surface area contributed by atoms with Crippen LogP contribution in [-0.4, -0.2) is 91.3 Å². The van der Waals surface area contributed by atoms with E-state index < -0.39 is 79.3 Å². The summed E-state index contributed by atoms with van der Waals surface area (Å²) >= 11 is 0. The van der Waals surface area contributed by atoms with E-state index in [4.69, 9.17) is 14.2 Å². The van der Waals surface area contributed by atoms with Crippen LogP contribution in [0.15, 0.2) is 43.1 Å². The number of hydrogen-bond donors (Lipinski definition) is 1. The zero-order valence-corrected chi connectivity index (χ0v) is 28.3. The van der Waals surface area contributed by atoms with Gasteiger partial charge in [0.15, 0.2) is 15.6 Å². The fourth-order valence-electron chi connectivity index (χ4n) is 6.36. The summed E-state index contributed by atoms with van der Waals surface area (Å²) < 4.78 is 42.0. The number of esters is 1. The molecule has 3 fully saturated rings. The highest BCUT2D eigenvalue weighted by molar-refractivity contribution is 7.93. The van der Waals surface area contributed by atoms with Crippen LogP contribution in [-0.2, 0) is 33.8 Å². The molecule has 5 rings (SSSR count). The number of ether oxygens (including phenoxy) is 3. The van der Waals surface area contributed by atoms with E-state index in [9.17, 15) is 27.6 Å². The first kappa shape index (κ1) is 34.3. The molecule has 1 aromatic carbocycles. The van der Waals surface area contributed by atoms with E-state index in [1.807, 2.05) is 39.0 Å². The first-order valence-corrected chi connectivity index (χ1v) is 17.5. The number of fused-ring (bicyclic) bond motifs is 1. The van der Waals surface area contributed by atoms with E-state index in [2.05, 4.69) is 16.9 Å². The van der Waals surface area contributed by atoms with E-state index >= 15 is 0 Å². The van der Waals surface area contributed by atoms with Gasteiger partial charge in [-0.15, -0.1) is 6.58 Å². The summed E-state index contributed by atoms with van der Waals surface area (Å²) in [5.74, 6) is -3.13. The van der Waals surface area contributed by atoms with Crippen LogP contribution in [0, 0.1) is 17.3 Å². The average Bonchev–Trinajstić information content (AvgIpc) is 3.95. The molecule has 2 amide bonds. The van der Waals surface area contributed by atoms with Crippen LogP contribution in [0.3, 0.4) is 0 Å². The standard InChI is InChI=1S/C34H43N3O9S/c1-7-21-17-34(21,28(38)19-47(42,43)24-9-10-24)36-30(40)27-15-23(18-37(27)32(41)26(33(2,3)4)16-29(39)45-6)46-31-25-11-8-22(44-5)14-20(25)12-13-35-31/h7-8,11-14,21,23-24,26-27H,1,9-10,15-19H2,2-6H3,(H,36,40)/t21-,23-,26-,27+,34-/m1/s1. The summed E-state index contributed by atoms with van der Waals surface area (Å²) in [6, 6.07) is 6.19. The zero-order valence-electron chi connectivity index (χ0n) is 27.5. The predicted molar refractivity (Wildman–Crippen MR) is 173 cm³/mol. The summed E-state index contributed by atoms with van der Waals surface area (Å²) in [5.41, 5.74) is -2.08. The van der Waals surface area contributed by atoms with Gasteiger partial charge in [-0.3, -0.25) is 19.2 Å². The molecule has 2 heterocycles. The molecule has 1 aliphatic heterocycles. The highest BCUT2D eigenvalue weighted by Crippen LogP contribution is 2.46. The molecule has 13 heteroatoms. The molecule has 254 valence electrons. The van der Waals surface area contributed by atoms with Crippen LogP contribution < -0.4 is 14.8 Å². The number of benzene rings is 1. The Balaban J connectivity index is 1.44. The van der Waals surface area contributed by atoms with Crippen LogP contribution in [0.2, 0.25) is 0 Å². The van der Waals surface area contributed by atoms with Crippen molar-refractivity contribution in [1.82, 2.24) is 15.2 Å². The SMILES string of the molecule is C=C[C@@H]1C[C@]1(NC(=O)[C@@H]1C[C@@H](Oc2nccc3cc(OC)ccc23)CN1C(=O)[C@@H](CC(=O)OC)C(C)(C)C)C(=O)CS(=O)(=O)C1CC1. The molecule has 47 heavy (non-hydrogen) atoms. The third-order valence-corrected chi connectivity index (χ3v) is 11.7. The lowest BCUT2D eigenvalue weighted by molar-refractivity contribution is -0.151. The molecular formula is C34H43N3O9S. The van der Waals surface area contributed by atoms with Gasteiger partial charge >= 0.3 is 5.97 Å². The van der Waals surface area contributed by atoms with Crippen LogP contribution in [0.4, 0.5) is 0 Å². The van der Waals surface area contributed by atoms with Crippen molar-refractivity contribution in [3.8, 4) is 11.6 Å². The van der Waals surface area contributed by atoms with Gasteiger partial charge in [-0.05, 0) is 54.3 Å². The maximum absolute atomic E-state index is 14.2. The molecule has 0 radical (unpaired) electrons. The predicted octanol–water partition coefficient (Wildman–Crippen LogP) is 3.02. The van der Waals surface area contributed by atoms with Crippen molar-refractivity contribution < 1.29 is 41.8 Å². The molecule has 3 aliphatic rings. The van der Waals surface area contributed by atoms with Crippen molar-refractivity contribution >= 4 is 44.2 Å². The molecule has 2 aliphatic carbocycles. The van der Waals surface area contributed by atoms with Crippen molar-refractivity contribution in [3.05, 3.63) is 43.1 Å². The average molecular weight is 670 g/mol. The van der Waals surface area contributed by atoms with E-state index in [0.29, 0.717) is 29.9 Å². The van der Waals surface area contributed by atoms with Crippen molar-refractivity contribution in [1.29, 1.82) is 0 Å². The van der Waals surface area contributed by atoms with E-state index in [-0.39, 0.29) is 25.8 Å². The van der Waals surface area contributed by atoms with Gasteiger partial charge in [0.25, 0.3) is 0 Å². The number of methoxy groups -OCH3 is 2. The normalized spacial score (nSPS) is 24.7. The van der Waals surface area contributed by atoms with Crippen LogP contribution in [0.25, 0.3) is 10.8 Å². The van der Waals surface area contributed by atoms with Crippen LogP contribution >= 0.6 is 0 Å². The third kappa shape index (κ3) is 7.14. The third-order valence-electron chi connectivity index (χ3n) is 9.51. The molecule has 12 nitrogen and oxygen atoms in total. The first-order chi connectivity index (χ1) is 22.1. The molecule has 1 saturated heterocycles. The summed E-state index contributed by atoms with van der Waals surface area (Å²) in [4.78, 5) is 60.0. The number of carbonyl (C=O) groups excluding carboxylic acids is 4. The van der Waals surface area contributed by atoms with Gasteiger partial charge in [0.1, 0.15) is 29.2 Å². The number of aromatic nitrogens is 1. The summed E-state index contributed by atoms with van der Waals surface area (Å²) in [5, 5.41) is 3.86. The topological polar surface area (TPSA) is 158 Å². The Bertz CT molecular complexity index is 1700. The van der Waals surface area contributed by atoms with Gasteiger partial charge in [-0.1, -0.05) is 26.8 Å². The Morgan fingerprint density at radius 2 is 1.89 bits per heavy atom.